The van der Waals surface area contributed by atoms with Crippen molar-refractivity contribution in [2.24, 2.45) is 5.92 Å². The summed E-state index contributed by atoms with van der Waals surface area (Å²) in [6.07, 6.45) is 5.29. The summed E-state index contributed by atoms with van der Waals surface area (Å²) in [5.41, 5.74) is 1.45. The summed E-state index contributed by atoms with van der Waals surface area (Å²) in [7, 11) is 0. The Morgan fingerprint density at radius 3 is 2.26 bits per heavy atom. The minimum Gasteiger partial charge on any atom is -0.376 e. The molecule has 6 nitrogen and oxygen atoms in total. The van der Waals surface area contributed by atoms with E-state index in [1.54, 1.807) is 24.3 Å². The molecule has 1 saturated carbocycles. The Bertz CT molecular complexity index is 549. The van der Waals surface area contributed by atoms with Gasteiger partial charge in [0.1, 0.15) is 0 Å². The van der Waals surface area contributed by atoms with Crippen LogP contribution in [0.5, 0.6) is 0 Å². The second-order valence-electron chi connectivity index (χ2n) is 6.16. The Morgan fingerprint density at radius 2 is 1.70 bits per heavy atom. The Hall–Kier alpha value is -2.08. The highest BCUT2D eigenvalue weighted by atomic mass is 16.5. The lowest BCUT2D eigenvalue weighted by Crippen LogP contribution is -2.35. The van der Waals surface area contributed by atoms with E-state index in [4.69, 9.17) is 4.74 Å². The minimum atomic E-state index is -0.244. The molecule has 1 saturated heterocycles. The first-order valence-electron chi connectivity index (χ1n) is 8.28. The standard InChI is InChI=1S/C17H23N3O3/c21-16(12-3-1-4-12)19-13-6-8-14(9-7-13)20-17(22)18-11-15-5-2-10-23-15/h6-9,12,15H,1-5,10-11H2,(H,19,21)(H2,18,20,22). The Morgan fingerprint density at radius 1 is 1.00 bits per heavy atom. The van der Waals surface area contributed by atoms with Gasteiger partial charge in [0.25, 0.3) is 0 Å². The van der Waals surface area contributed by atoms with Crippen LogP contribution in [0.1, 0.15) is 32.1 Å². The fraction of sp³-hybridized carbons (Fsp3) is 0.529. The number of carbonyl (C=O) groups is 2. The van der Waals surface area contributed by atoms with Crippen LogP contribution in [0.25, 0.3) is 0 Å². The van der Waals surface area contributed by atoms with Crippen LogP contribution in [-0.2, 0) is 9.53 Å². The SMILES string of the molecule is O=C(NCC1CCCO1)Nc1ccc(NC(=O)C2CCC2)cc1. The molecule has 2 fully saturated rings. The average Bonchev–Trinajstić information content (AvgIpc) is 2.99. The highest BCUT2D eigenvalue weighted by molar-refractivity contribution is 5.94. The molecule has 0 radical (unpaired) electrons. The van der Waals surface area contributed by atoms with Gasteiger partial charge in [-0.2, -0.15) is 0 Å². The van der Waals surface area contributed by atoms with E-state index in [-0.39, 0.29) is 24.0 Å². The van der Waals surface area contributed by atoms with Gasteiger partial charge in [-0.1, -0.05) is 6.42 Å². The molecule has 6 heteroatoms. The van der Waals surface area contributed by atoms with E-state index in [2.05, 4.69) is 16.0 Å². The van der Waals surface area contributed by atoms with Gasteiger partial charge in [-0.15, -0.1) is 0 Å². The maximum atomic E-state index is 11.9. The van der Waals surface area contributed by atoms with Gasteiger partial charge >= 0.3 is 6.03 Å². The maximum Gasteiger partial charge on any atom is 0.319 e. The smallest absolute Gasteiger partial charge is 0.319 e. The topological polar surface area (TPSA) is 79.5 Å². The summed E-state index contributed by atoms with van der Waals surface area (Å²) >= 11 is 0. The van der Waals surface area contributed by atoms with Crippen LogP contribution in [0, 0.1) is 5.92 Å². The van der Waals surface area contributed by atoms with Crippen molar-refractivity contribution < 1.29 is 14.3 Å². The van der Waals surface area contributed by atoms with Gasteiger partial charge in [0.15, 0.2) is 0 Å². The summed E-state index contributed by atoms with van der Waals surface area (Å²) in [5, 5.41) is 8.48. The Balaban J connectivity index is 1.42. The minimum absolute atomic E-state index is 0.0891. The summed E-state index contributed by atoms with van der Waals surface area (Å²) in [6.45, 7) is 1.31. The molecular formula is C17H23N3O3. The maximum absolute atomic E-state index is 11.9. The molecule has 124 valence electrons. The molecule has 23 heavy (non-hydrogen) atoms. The average molecular weight is 317 g/mol. The summed E-state index contributed by atoms with van der Waals surface area (Å²) in [5.74, 6) is 0.252. The number of hydrogen-bond donors (Lipinski definition) is 3. The van der Waals surface area contributed by atoms with Crippen molar-refractivity contribution in [3.63, 3.8) is 0 Å². The van der Waals surface area contributed by atoms with Gasteiger partial charge in [0, 0.05) is 30.4 Å². The molecule has 0 spiro atoms. The van der Waals surface area contributed by atoms with E-state index < -0.39 is 0 Å². The first-order valence-corrected chi connectivity index (χ1v) is 8.28. The van der Waals surface area contributed by atoms with Gasteiger partial charge < -0.3 is 20.7 Å². The number of carbonyl (C=O) groups excluding carboxylic acids is 2. The molecule has 3 rings (SSSR count). The largest absolute Gasteiger partial charge is 0.376 e. The van der Waals surface area contributed by atoms with Crippen molar-refractivity contribution in [1.29, 1.82) is 0 Å². The molecular weight excluding hydrogens is 294 g/mol. The zero-order valence-corrected chi connectivity index (χ0v) is 13.1. The van der Waals surface area contributed by atoms with E-state index in [0.717, 1.165) is 44.4 Å². The van der Waals surface area contributed by atoms with Crippen LogP contribution in [0.2, 0.25) is 0 Å². The zero-order valence-electron chi connectivity index (χ0n) is 13.1. The highest BCUT2D eigenvalue weighted by Crippen LogP contribution is 2.27. The van der Waals surface area contributed by atoms with Crippen molar-refractivity contribution in [3.8, 4) is 0 Å². The van der Waals surface area contributed by atoms with E-state index in [0.29, 0.717) is 12.2 Å². The summed E-state index contributed by atoms with van der Waals surface area (Å²) < 4.78 is 5.46. The fourth-order valence-corrected chi connectivity index (χ4v) is 2.74. The monoisotopic (exact) mass is 317 g/mol. The third kappa shape index (κ3) is 4.45. The Labute approximate surface area is 136 Å². The van der Waals surface area contributed by atoms with Crippen molar-refractivity contribution in [1.82, 2.24) is 5.32 Å². The number of anilines is 2. The van der Waals surface area contributed by atoms with E-state index in [1.807, 2.05) is 0 Å². The summed E-state index contributed by atoms with van der Waals surface area (Å²) in [4.78, 5) is 23.7. The number of amides is 3. The van der Waals surface area contributed by atoms with Crippen LogP contribution in [-0.4, -0.2) is 31.2 Å². The van der Waals surface area contributed by atoms with Gasteiger partial charge in [-0.25, -0.2) is 4.79 Å². The van der Waals surface area contributed by atoms with E-state index in [1.165, 1.54) is 0 Å². The summed E-state index contributed by atoms with van der Waals surface area (Å²) in [6, 6.07) is 6.91. The van der Waals surface area contributed by atoms with Crippen LogP contribution in [0.3, 0.4) is 0 Å². The molecule has 1 aliphatic heterocycles. The predicted octanol–water partition coefficient (Wildman–Crippen LogP) is 2.73. The number of hydrogen-bond acceptors (Lipinski definition) is 3. The lowest BCUT2D eigenvalue weighted by atomic mass is 9.85. The van der Waals surface area contributed by atoms with Crippen LogP contribution in [0.15, 0.2) is 24.3 Å². The van der Waals surface area contributed by atoms with Crippen molar-refractivity contribution in [3.05, 3.63) is 24.3 Å². The quantitative estimate of drug-likeness (QED) is 0.781. The molecule has 1 unspecified atom stereocenters. The number of ether oxygens (including phenoxy) is 1. The van der Waals surface area contributed by atoms with Gasteiger partial charge in [-0.05, 0) is 49.9 Å². The van der Waals surface area contributed by atoms with Gasteiger partial charge in [-0.3, -0.25) is 4.79 Å². The molecule has 0 bridgehead atoms. The molecule has 1 aromatic carbocycles. The first-order chi connectivity index (χ1) is 11.2. The lowest BCUT2D eigenvalue weighted by Gasteiger charge is -2.24. The highest BCUT2D eigenvalue weighted by Gasteiger charge is 2.25. The first kappa shape index (κ1) is 15.8. The van der Waals surface area contributed by atoms with Crippen molar-refractivity contribution in [2.75, 3.05) is 23.8 Å². The predicted molar refractivity (Wildman–Crippen MR) is 88.4 cm³/mol. The second kappa shape index (κ2) is 7.46. The number of rotatable bonds is 5. The Kier molecular flexibility index (Phi) is 5.12. The molecule has 1 aromatic rings. The molecule has 3 amide bonds. The van der Waals surface area contributed by atoms with Gasteiger partial charge in [0.2, 0.25) is 5.91 Å². The molecule has 2 aliphatic rings. The van der Waals surface area contributed by atoms with Crippen LogP contribution >= 0.6 is 0 Å². The van der Waals surface area contributed by atoms with E-state index >= 15 is 0 Å². The number of nitrogens with one attached hydrogen (secondary N) is 3. The third-order valence-corrected chi connectivity index (χ3v) is 4.40. The number of benzene rings is 1. The molecule has 1 atom stereocenters. The fourth-order valence-electron chi connectivity index (χ4n) is 2.74. The van der Waals surface area contributed by atoms with Crippen LogP contribution < -0.4 is 16.0 Å². The second-order valence-corrected chi connectivity index (χ2v) is 6.16. The third-order valence-electron chi connectivity index (χ3n) is 4.40. The molecule has 1 aliphatic carbocycles. The van der Waals surface area contributed by atoms with Crippen molar-refractivity contribution in [2.45, 2.75) is 38.2 Å². The normalized spacial score (nSPS) is 20.6. The lowest BCUT2D eigenvalue weighted by molar-refractivity contribution is -0.122. The van der Waals surface area contributed by atoms with Crippen molar-refractivity contribution >= 4 is 23.3 Å². The van der Waals surface area contributed by atoms with E-state index in [9.17, 15) is 9.59 Å². The molecule has 1 heterocycles. The zero-order chi connectivity index (χ0) is 16.1. The molecule has 0 aromatic heterocycles. The number of urea groups is 1. The van der Waals surface area contributed by atoms with Crippen LogP contribution in [0.4, 0.5) is 16.2 Å². The molecule has 3 N–H and O–H groups in total. The van der Waals surface area contributed by atoms with Gasteiger partial charge in [0.05, 0.1) is 6.10 Å².